The summed E-state index contributed by atoms with van der Waals surface area (Å²) in [6.45, 7) is 1.14. The van der Waals surface area contributed by atoms with Gasteiger partial charge >= 0.3 is 0 Å². The van der Waals surface area contributed by atoms with E-state index in [9.17, 15) is 5.11 Å². The third-order valence-corrected chi connectivity index (χ3v) is 2.33. The van der Waals surface area contributed by atoms with Crippen LogP contribution >= 0.6 is 0 Å². The van der Waals surface area contributed by atoms with E-state index in [-0.39, 0.29) is 6.42 Å². The first-order valence-electron chi connectivity index (χ1n) is 4.53. The van der Waals surface area contributed by atoms with Crippen LogP contribution in [0.15, 0.2) is 24.3 Å². The maximum Gasteiger partial charge on any atom is 0.208 e. The second-order valence-corrected chi connectivity index (χ2v) is 3.46. The van der Waals surface area contributed by atoms with Crippen molar-refractivity contribution in [3.8, 4) is 12.3 Å². The van der Waals surface area contributed by atoms with Crippen LogP contribution in [0.3, 0.4) is 0 Å². The van der Waals surface area contributed by atoms with Crippen LogP contribution in [-0.2, 0) is 9.47 Å². The lowest BCUT2D eigenvalue weighted by atomic mass is 9.92. The molecule has 1 spiro atoms. The van der Waals surface area contributed by atoms with Crippen molar-refractivity contribution in [2.24, 2.45) is 0 Å². The smallest absolute Gasteiger partial charge is 0.208 e. The zero-order valence-electron chi connectivity index (χ0n) is 7.77. The Balaban J connectivity index is 2.14. The van der Waals surface area contributed by atoms with Crippen molar-refractivity contribution in [3.63, 3.8) is 0 Å². The van der Waals surface area contributed by atoms with Gasteiger partial charge in [-0.05, 0) is 24.3 Å². The van der Waals surface area contributed by atoms with E-state index in [1.54, 1.807) is 24.3 Å². The van der Waals surface area contributed by atoms with E-state index in [1.807, 2.05) is 0 Å². The molecule has 0 unspecified atom stereocenters. The fraction of sp³-hybridized carbons (Fsp3) is 0.455. The predicted molar refractivity (Wildman–Crippen MR) is 51.3 cm³/mol. The molecule has 3 nitrogen and oxygen atoms in total. The molecule has 2 rings (SSSR count). The number of rotatable bonds is 1. The molecule has 1 heterocycles. The van der Waals surface area contributed by atoms with Gasteiger partial charge in [0.05, 0.1) is 13.2 Å². The summed E-state index contributed by atoms with van der Waals surface area (Å²) in [7, 11) is 0. The summed E-state index contributed by atoms with van der Waals surface area (Å²) < 4.78 is 10.8. The van der Waals surface area contributed by atoms with Crippen LogP contribution in [0.1, 0.15) is 6.42 Å². The van der Waals surface area contributed by atoms with E-state index in [0.717, 1.165) is 0 Å². The molecule has 1 saturated heterocycles. The van der Waals surface area contributed by atoms with Gasteiger partial charge in [-0.1, -0.05) is 0 Å². The van der Waals surface area contributed by atoms with Gasteiger partial charge < -0.3 is 14.6 Å². The standard InChI is InChI=1S/C11H12O3/c1-2-3-10(12)4-6-11(7-5-10)13-8-9-14-11/h1,4-7,12H,3,8-9H2. The second kappa shape index (κ2) is 3.25. The molecular formula is C11H12O3. The molecule has 0 saturated carbocycles. The average Bonchev–Trinajstić information content (AvgIpc) is 2.61. The molecule has 0 aromatic rings. The normalized spacial score (nSPS) is 26.6. The molecule has 1 aliphatic carbocycles. The summed E-state index contributed by atoms with van der Waals surface area (Å²) in [5.74, 6) is 1.66. The molecule has 0 radical (unpaired) electrons. The fourth-order valence-corrected chi connectivity index (χ4v) is 1.55. The van der Waals surface area contributed by atoms with Gasteiger partial charge in [-0.15, -0.1) is 12.3 Å². The lowest BCUT2D eigenvalue weighted by molar-refractivity contribution is -0.0787. The molecule has 2 aliphatic rings. The van der Waals surface area contributed by atoms with Crippen LogP contribution in [0, 0.1) is 12.3 Å². The van der Waals surface area contributed by atoms with Gasteiger partial charge in [0.15, 0.2) is 0 Å². The van der Waals surface area contributed by atoms with Crippen LogP contribution in [-0.4, -0.2) is 29.7 Å². The lowest BCUT2D eigenvalue weighted by Crippen LogP contribution is -2.33. The summed E-state index contributed by atoms with van der Waals surface area (Å²) in [5.41, 5.74) is -1.05. The number of ether oxygens (including phenoxy) is 2. The van der Waals surface area contributed by atoms with E-state index in [4.69, 9.17) is 15.9 Å². The number of aliphatic hydroxyl groups is 1. The minimum atomic E-state index is -1.05. The first kappa shape index (κ1) is 9.47. The van der Waals surface area contributed by atoms with Gasteiger partial charge in [0.25, 0.3) is 0 Å². The minimum absolute atomic E-state index is 0.260. The maximum atomic E-state index is 9.89. The first-order valence-corrected chi connectivity index (χ1v) is 4.53. The Morgan fingerprint density at radius 2 is 1.79 bits per heavy atom. The highest BCUT2D eigenvalue weighted by Gasteiger charge is 2.36. The molecule has 14 heavy (non-hydrogen) atoms. The Labute approximate surface area is 83.0 Å². The zero-order valence-corrected chi connectivity index (χ0v) is 7.77. The molecule has 0 amide bonds. The highest BCUT2D eigenvalue weighted by molar-refractivity contribution is 5.29. The van der Waals surface area contributed by atoms with E-state index in [2.05, 4.69) is 5.92 Å². The number of terminal acetylenes is 1. The van der Waals surface area contributed by atoms with Gasteiger partial charge in [-0.2, -0.15) is 0 Å². The van der Waals surface area contributed by atoms with Gasteiger partial charge in [0.2, 0.25) is 5.79 Å². The highest BCUT2D eigenvalue weighted by atomic mass is 16.7. The topological polar surface area (TPSA) is 38.7 Å². The molecule has 0 atom stereocenters. The molecule has 0 aromatic carbocycles. The van der Waals surface area contributed by atoms with Crippen LogP contribution in [0.25, 0.3) is 0 Å². The van der Waals surface area contributed by atoms with E-state index >= 15 is 0 Å². The van der Waals surface area contributed by atoms with Crippen LogP contribution < -0.4 is 0 Å². The Hall–Kier alpha value is -1.08. The van der Waals surface area contributed by atoms with Crippen molar-refractivity contribution >= 4 is 0 Å². The van der Waals surface area contributed by atoms with Crippen LogP contribution in [0.4, 0.5) is 0 Å². The van der Waals surface area contributed by atoms with Crippen molar-refractivity contribution in [1.29, 1.82) is 0 Å². The van der Waals surface area contributed by atoms with Gasteiger partial charge in [0, 0.05) is 6.42 Å². The van der Waals surface area contributed by atoms with Crippen molar-refractivity contribution < 1.29 is 14.6 Å². The Kier molecular flexibility index (Phi) is 2.20. The third kappa shape index (κ3) is 1.60. The molecule has 0 bridgehead atoms. The van der Waals surface area contributed by atoms with E-state index in [0.29, 0.717) is 13.2 Å². The highest BCUT2D eigenvalue weighted by Crippen LogP contribution is 2.30. The summed E-state index contributed by atoms with van der Waals surface area (Å²) in [4.78, 5) is 0. The maximum absolute atomic E-state index is 9.89. The summed E-state index contributed by atoms with van der Waals surface area (Å²) in [5, 5.41) is 9.89. The third-order valence-electron chi connectivity index (χ3n) is 2.33. The molecule has 1 N–H and O–H groups in total. The van der Waals surface area contributed by atoms with Crippen molar-refractivity contribution in [2.45, 2.75) is 17.8 Å². The molecule has 74 valence electrons. The second-order valence-electron chi connectivity index (χ2n) is 3.46. The first-order chi connectivity index (χ1) is 6.68. The monoisotopic (exact) mass is 192 g/mol. The Bertz CT molecular complexity index is 300. The summed E-state index contributed by atoms with van der Waals surface area (Å²) >= 11 is 0. The van der Waals surface area contributed by atoms with Gasteiger partial charge in [-0.3, -0.25) is 0 Å². The molecule has 0 aromatic heterocycles. The minimum Gasteiger partial charge on any atom is -0.381 e. The largest absolute Gasteiger partial charge is 0.381 e. The molecule has 3 heteroatoms. The van der Waals surface area contributed by atoms with Crippen LogP contribution in [0.2, 0.25) is 0 Å². The van der Waals surface area contributed by atoms with Gasteiger partial charge in [0.1, 0.15) is 5.60 Å². The van der Waals surface area contributed by atoms with Crippen molar-refractivity contribution in [3.05, 3.63) is 24.3 Å². The van der Waals surface area contributed by atoms with Gasteiger partial charge in [-0.25, -0.2) is 0 Å². The van der Waals surface area contributed by atoms with Crippen molar-refractivity contribution in [2.75, 3.05) is 13.2 Å². The predicted octanol–water partition coefficient (Wildman–Crippen LogP) is 0.610. The zero-order chi connectivity index (χ0) is 10.1. The molecule has 1 fully saturated rings. The fourth-order valence-electron chi connectivity index (χ4n) is 1.55. The molecule has 1 aliphatic heterocycles. The van der Waals surface area contributed by atoms with E-state index in [1.165, 1.54) is 0 Å². The average molecular weight is 192 g/mol. The van der Waals surface area contributed by atoms with Crippen molar-refractivity contribution in [1.82, 2.24) is 0 Å². The van der Waals surface area contributed by atoms with Crippen LogP contribution in [0.5, 0.6) is 0 Å². The number of hydrogen-bond acceptors (Lipinski definition) is 3. The van der Waals surface area contributed by atoms with E-state index < -0.39 is 11.4 Å². The summed E-state index contributed by atoms with van der Waals surface area (Å²) in [6, 6.07) is 0. The SMILES string of the molecule is C#CCC1(O)C=CC2(C=C1)OCCO2. The Morgan fingerprint density at radius 1 is 1.21 bits per heavy atom. The lowest BCUT2D eigenvalue weighted by Gasteiger charge is -2.28. The number of hydrogen-bond donors (Lipinski definition) is 1. The molecular weight excluding hydrogens is 180 g/mol. The summed E-state index contributed by atoms with van der Waals surface area (Å²) in [6.07, 6.45) is 12.1. The Morgan fingerprint density at radius 3 is 2.29 bits per heavy atom. The quantitative estimate of drug-likeness (QED) is 0.488.